The maximum Gasteiger partial charge on any atom is 0.311 e. The summed E-state index contributed by atoms with van der Waals surface area (Å²) in [5.41, 5.74) is 5.86. The molecule has 33 heavy (non-hydrogen) atoms. The van der Waals surface area contributed by atoms with E-state index < -0.39 is 47.9 Å². The molecule has 2 rings (SSSR count). The van der Waals surface area contributed by atoms with Crippen LogP contribution in [-0.2, 0) is 19.1 Å². The zero-order valence-electron chi connectivity index (χ0n) is 20.1. The van der Waals surface area contributed by atoms with Crippen molar-refractivity contribution < 1.29 is 34.4 Å². The van der Waals surface area contributed by atoms with Crippen molar-refractivity contribution >= 4 is 17.8 Å². The Morgan fingerprint density at radius 1 is 1.24 bits per heavy atom. The summed E-state index contributed by atoms with van der Waals surface area (Å²) in [4.78, 5) is 35.6. The quantitative estimate of drug-likeness (QED) is 0.343. The van der Waals surface area contributed by atoms with Gasteiger partial charge in [0.25, 0.3) is 0 Å². The highest BCUT2D eigenvalue weighted by Crippen LogP contribution is 2.45. The standard InChI is InChI=1S/C25H39NO7/c1-5-25(3,4)24(32)33-20-11-16(23(26)31)10-15-7-6-14(2)19(22(15)20)9-8-17(27)12-18(28)13-21(29)30/h6-7,10,14,16-20,22,27-28H,5,8-9,11-13H2,1-4H3,(H2,26,31)(H,29,30)/t14-,16-,17+,18+,19-,20-,22-/m0/s1. The fraction of sp³-hybridized carbons (Fsp3) is 0.720. The molecular formula is C25H39NO7. The summed E-state index contributed by atoms with van der Waals surface area (Å²) in [6.07, 6.45) is 4.94. The average Bonchev–Trinajstić information content (AvgIpc) is 2.72. The molecule has 186 valence electrons. The lowest BCUT2D eigenvalue weighted by molar-refractivity contribution is -0.165. The Morgan fingerprint density at radius 2 is 1.91 bits per heavy atom. The Hall–Kier alpha value is -2.19. The SMILES string of the molecule is CCC(C)(C)C(=O)O[C@H]1C[C@@H](C(N)=O)C=C2C=C[C@H](C)[C@H](CC[C@@H](O)C[C@@H](O)CC(=O)O)[C@H]21. The number of carboxylic acids is 1. The molecule has 0 aromatic heterocycles. The Balaban J connectivity index is 2.21. The van der Waals surface area contributed by atoms with Gasteiger partial charge in [-0.1, -0.05) is 32.1 Å². The van der Waals surface area contributed by atoms with E-state index in [1.807, 2.05) is 32.9 Å². The van der Waals surface area contributed by atoms with Crippen LogP contribution in [0.2, 0.25) is 0 Å². The maximum atomic E-state index is 12.9. The predicted molar refractivity (Wildman–Crippen MR) is 123 cm³/mol. The molecule has 1 amide bonds. The van der Waals surface area contributed by atoms with Crippen LogP contribution in [0, 0.1) is 29.1 Å². The number of hydrogen-bond donors (Lipinski definition) is 4. The topological polar surface area (TPSA) is 147 Å². The normalized spacial score (nSPS) is 28.9. The second-order valence-electron chi connectivity index (χ2n) is 10.2. The van der Waals surface area contributed by atoms with Gasteiger partial charge in [0.05, 0.1) is 30.0 Å². The number of aliphatic hydroxyl groups excluding tert-OH is 2. The van der Waals surface area contributed by atoms with Crippen LogP contribution in [0.3, 0.4) is 0 Å². The van der Waals surface area contributed by atoms with E-state index in [9.17, 15) is 24.6 Å². The lowest BCUT2D eigenvalue weighted by atomic mass is 9.65. The smallest absolute Gasteiger partial charge is 0.311 e. The van der Waals surface area contributed by atoms with Gasteiger partial charge in [0.2, 0.25) is 5.91 Å². The number of esters is 1. The summed E-state index contributed by atoms with van der Waals surface area (Å²) in [6.45, 7) is 7.66. The summed E-state index contributed by atoms with van der Waals surface area (Å²) in [7, 11) is 0. The number of aliphatic carboxylic acids is 1. The number of fused-ring (bicyclic) bond motifs is 1. The molecule has 0 saturated carbocycles. The van der Waals surface area contributed by atoms with Gasteiger partial charge in [0, 0.05) is 12.3 Å². The summed E-state index contributed by atoms with van der Waals surface area (Å²) in [5, 5.41) is 29.0. The molecule has 0 spiro atoms. The maximum absolute atomic E-state index is 12.9. The minimum atomic E-state index is -1.11. The zero-order valence-corrected chi connectivity index (χ0v) is 20.1. The number of amides is 1. The van der Waals surface area contributed by atoms with Gasteiger partial charge in [-0.25, -0.2) is 0 Å². The Kier molecular flexibility index (Phi) is 9.26. The van der Waals surface area contributed by atoms with Gasteiger partial charge in [-0.3, -0.25) is 14.4 Å². The lowest BCUT2D eigenvalue weighted by Crippen LogP contribution is -2.45. The average molecular weight is 466 g/mol. The minimum Gasteiger partial charge on any atom is -0.481 e. The van der Waals surface area contributed by atoms with Crippen LogP contribution in [0.1, 0.15) is 66.2 Å². The monoisotopic (exact) mass is 465 g/mol. The second kappa shape index (κ2) is 11.3. The van der Waals surface area contributed by atoms with Gasteiger partial charge in [0.15, 0.2) is 0 Å². The highest BCUT2D eigenvalue weighted by atomic mass is 16.5. The van der Waals surface area contributed by atoms with Crippen LogP contribution in [0.15, 0.2) is 23.8 Å². The van der Waals surface area contributed by atoms with Crippen LogP contribution in [-0.4, -0.2) is 51.5 Å². The van der Waals surface area contributed by atoms with E-state index in [4.69, 9.17) is 15.6 Å². The number of carbonyl (C=O) groups excluding carboxylic acids is 2. The van der Waals surface area contributed by atoms with Crippen LogP contribution >= 0.6 is 0 Å². The van der Waals surface area contributed by atoms with E-state index in [2.05, 4.69) is 13.0 Å². The van der Waals surface area contributed by atoms with Crippen molar-refractivity contribution in [1.29, 1.82) is 0 Å². The molecule has 7 atom stereocenters. The molecule has 0 aromatic rings. The fourth-order valence-electron chi connectivity index (χ4n) is 4.75. The first-order valence-electron chi connectivity index (χ1n) is 11.8. The molecule has 5 N–H and O–H groups in total. The molecule has 0 unspecified atom stereocenters. The third-order valence-electron chi connectivity index (χ3n) is 7.24. The molecule has 0 heterocycles. The number of hydrogen-bond acceptors (Lipinski definition) is 6. The van der Waals surface area contributed by atoms with Gasteiger partial charge in [-0.05, 0) is 56.9 Å². The molecule has 8 heteroatoms. The number of primary amides is 1. The van der Waals surface area contributed by atoms with E-state index in [0.29, 0.717) is 25.7 Å². The molecular weight excluding hydrogens is 426 g/mol. The Labute approximate surface area is 195 Å². The Morgan fingerprint density at radius 3 is 2.48 bits per heavy atom. The van der Waals surface area contributed by atoms with E-state index in [1.165, 1.54) is 0 Å². The third kappa shape index (κ3) is 7.14. The summed E-state index contributed by atoms with van der Waals surface area (Å²) >= 11 is 0. The number of carboxylic acid groups (broad SMARTS) is 1. The number of aliphatic hydroxyl groups is 2. The number of allylic oxidation sites excluding steroid dienone is 2. The van der Waals surface area contributed by atoms with Crippen LogP contribution < -0.4 is 5.73 Å². The molecule has 2 aliphatic rings. The van der Waals surface area contributed by atoms with Gasteiger partial charge in [-0.2, -0.15) is 0 Å². The third-order valence-corrected chi connectivity index (χ3v) is 7.24. The first-order chi connectivity index (χ1) is 15.4. The zero-order chi connectivity index (χ0) is 24.9. The van der Waals surface area contributed by atoms with E-state index in [1.54, 1.807) is 0 Å². The first-order valence-corrected chi connectivity index (χ1v) is 11.8. The van der Waals surface area contributed by atoms with E-state index in [0.717, 1.165) is 5.57 Å². The van der Waals surface area contributed by atoms with Gasteiger partial charge in [0.1, 0.15) is 6.10 Å². The summed E-state index contributed by atoms with van der Waals surface area (Å²) in [6, 6.07) is 0. The largest absolute Gasteiger partial charge is 0.481 e. The van der Waals surface area contributed by atoms with Gasteiger partial charge >= 0.3 is 11.9 Å². The van der Waals surface area contributed by atoms with Crippen LogP contribution in [0.25, 0.3) is 0 Å². The molecule has 0 aromatic carbocycles. The van der Waals surface area contributed by atoms with Crippen LogP contribution in [0.4, 0.5) is 0 Å². The fourth-order valence-corrected chi connectivity index (χ4v) is 4.75. The highest BCUT2D eigenvalue weighted by molar-refractivity contribution is 5.80. The van der Waals surface area contributed by atoms with Crippen molar-refractivity contribution in [2.24, 2.45) is 34.8 Å². The minimum absolute atomic E-state index is 0.0105. The predicted octanol–water partition coefficient (Wildman–Crippen LogP) is 2.57. The number of nitrogens with two attached hydrogens (primary N) is 1. The molecule has 2 aliphatic carbocycles. The second-order valence-corrected chi connectivity index (χ2v) is 10.2. The summed E-state index contributed by atoms with van der Waals surface area (Å²) in [5.74, 6) is -2.33. The number of rotatable bonds is 11. The van der Waals surface area contributed by atoms with Crippen molar-refractivity contribution in [2.45, 2.75) is 84.5 Å². The number of carbonyl (C=O) groups is 3. The van der Waals surface area contributed by atoms with Crippen molar-refractivity contribution in [1.82, 2.24) is 0 Å². The van der Waals surface area contributed by atoms with E-state index in [-0.39, 0.29) is 30.1 Å². The van der Waals surface area contributed by atoms with Gasteiger partial charge < -0.3 is 25.8 Å². The number of ether oxygens (including phenoxy) is 1. The van der Waals surface area contributed by atoms with Crippen molar-refractivity contribution in [3.63, 3.8) is 0 Å². The highest BCUT2D eigenvalue weighted by Gasteiger charge is 2.44. The molecule has 0 aliphatic heterocycles. The van der Waals surface area contributed by atoms with Crippen LogP contribution in [0.5, 0.6) is 0 Å². The summed E-state index contributed by atoms with van der Waals surface area (Å²) < 4.78 is 6.00. The van der Waals surface area contributed by atoms with Gasteiger partial charge in [-0.15, -0.1) is 0 Å². The lowest BCUT2D eigenvalue weighted by Gasteiger charge is -2.43. The molecule has 0 bridgehead atoms. The van der Waals surface area contributed by atoms with Crippen molar-refractivity contribution in [3.05, 3.63) is 23.8 Å². The Bertz CT molecular complexity index is 788. The van der Waals surface area contributed by atoms with Crippen molar-refractivity contribution in [2.75, 3.05) is 0 Å². The van der Waals surface area contributed by atoms with E-state index >= 15 is 0 Å². The molecule has 0 fully saturated rings. The molecule has 0 radical (unpaired) electrons. The molecule has 0 saturated heterocycles. The van der Waals surface area contributed by atoms with Crippen molar-refractivity contribution in [3.8, 4) is 0 Å². The molecule has 8 nitrogen and oxygen atoms in total. The first kappa shape index (κ1) is 27.1.